The zero-order chi connectivity index (χ0) is 27.8. The van der Waals surface area contributed by atoms with Crippen LogP contribution in [0.2, 0.25) is 0 Å². The molecule has 0 bridgehead atoms. The number of allylic oxidation sites excluding steroid dienone is 3. The molecule has 39 heavy (non-hydrogen) atoms. The number of aliphatic imine (C=N–C) groups is 1. The third kappa shape index (κ3) is 7.40. The summed E-state index contributed by atoms with van der Waals surface area (Å²) in [4.78, 5) is 36.8. The van der Waals surface area contributed by atoms with Gasteiger partial charge in [-0.3, -0.25) is 4.79 Å². The van der Waals surface area contributed by atoms with Crippen molar-refractivity contribution in [3.05, 3.63) is 53.6 Å². The number of carbonyl (C=O) groups is 2. The van der Waals surface area contributed by atoms with Gasteiger partial charge in [0.1, 0.15) is 17.5 Å². The average molecular weight is 536 g/mol. The van der Waals surface area contributed by atoms with E-state index in [0.29, 0.717) is 32.2 Å². The van der Waals surface area contributed by atoms with Gasteiger partial charge in [-0.1, -0.05) is 18.6 Å². The first-order valence-corrected chi connectivity index (χ1v) is 14.0. The lowest BCUT2D eigenvalue weighted by Gasteiger charge is -2.36. The van der Waals surface area contributed by atoms with E-state index >= 15 is 0 Å². The summed E-state index contributed by atoms with van der Waals surface area (Å²) in [5.74, 6) is 2.84. The number of aromatic nitrogens is 1. The number of nitrogens with zero attached hydrogens (tertiary/aromatic N) is 5. The fourth-order valence-corrected chi connectivity index (χ4v) is 4.69. The van der Waals surface area contributed by atoms with Gasteiger partial charge in [-0.25, -0.2) is 14.8 Å². The molecule has 10 nitrogen and oxygen atoms in total. The molecular weight excluding hydrogens is 494 g/mol. The number of rotatable bonds is 5. The number of amides is 2. The summed E-state index contributed by atoms with van der Waals surface area (Å²) < 4.78 is 0. The molecule has 3 fully saturated rings. The second-order valence-corrected chi connectivity index (χ2v) is 10.4. The van der Waals surface area contributed by atoms with E-state index in [1.165, 1.54) is 29.7 Å². The molecule has 4 heterocycles. The Hall–Kier alpha value is -3.82. The maximum Gasteiger partial charge on any atom is 0.407 e. The molecule has 2 saturated heterocycles. The number of hydrogen-bond donors (Lipinski definition) is 3. The summed E-state index contributed by atoms with van der Waals surface area (Å²) >= 11 is 0. The zero-order valence-corrected chi connectivity index (χ0v) is 23.3. The molecular formula is C29H41N7O3. The van der Waals surface area contributed by atoms with Crippen LogP contribution in [0.4, 0.5) is 10.6 Å². The Balaban J connectivity index is 0.000000519. The molecule has 1 aliphatic carbocycles. The zero-order valence-electron chi connectivity index (χ0n) is 23.3. The lowest BCUT2D eigenvalue weighted by atomic mass is 9.92. The van der Waals surface area contributed by atoms with E-state index in [4.69, 9.17) is 4.99 Å². The number of amidine groups is 1. The minimum absolute atomic E-state index is 0.204. The highest BCUT2D eigenvalue weighted by Gasteiger charge is 2.25. The van der Waals surface area contributed by atoms with E-state index < -0.39 is 6.09 Å². The van der Waals surface area contributed by atoms with Gasteiger partial charge in [-0.05, 0) is 57.2 Å². The van der Waals surface area contributed by atoms with E-state index in [-0.39, 0.29) is 5.91 Å². The molecule has 1 aromatic rings. The first kappa shape index (κ1) is 28.2. The van der Waals surface area contributed by atoms with Crippen LogP contribution in [0.1, 0.15) is 57.9 Å². The first-order chi connectivity index (χ1) is 18.9. The van der Waals surface area contributed by atoms with Crippen LogP contribution in [-0.2, 0) is 4.79 Å². The van der Waals surface area contributed by atoms with Crippen LogP contribution < -0.4 is 10.6 Å². The van der Waals surface area contributed by atoms with Crippen LogP contribution in [0.15, 0.2) is 53.1 Å². The third-order valence-corrected chi connectivity index (χ3v) is 7.51. The topological polar surface area (TPSA) is 113 Å². The summed E-state index contributed by atoms with van der Waals surface area (Å²) in [5, 5.41) is 15.6. The summed E-state index contributed by atoms with van der Waals surface area (Å²) in [6.45, 7) is 7.42. The fraction of sp³-hybridized carbons (Fsp3) is 0.517. The Bertz CT molecular complexity index is 1150. The largest absolute Gasteiger partial charge is 0.465 e. The van der Waals surface area contributed by atoms with E-state index in [9.17, 15) is 14.7 Å². The average Bonchev–Trinajstić information content (AvgIpc) is 3.41. The van der Waals surface area contributed by atoms with Gasteiger partial charge in [0.15, 0.2) is 0 Å². The van der Waals surface area contributed by atoms with Crippen LogP contribution in [0.25, 0.3) is 5.57 Å². The Morgan fingerprint density at radius 2 is 2.00 bits per heavy atom. The van der Waals surface area contributed by atoms with Gasteiger partial charge in [-0.2, -0.15) is 0 Å². The fourth-order valence-electron chi connectivity index (χ4n) is 4.69. The SMILES string of the molecule is CCC(C)=C/C(=C1/N=C(N2CCN(C(=O)O)CC2)C=CN1C)c1cccnc1NC1CCC1.O=C1CCCN1. The maximum atomic E-state index is 11.3. The Labute approximate surface area is 231 Å². The molecule has 2 amide bonds. The molecule has 0 atom stereocenters. The second-order valence-electron chi connectivity index (χ2n) is 10.4. The summed E-state index contributed by atoms with van der Waals surface area (Å²) in [7, 11) is 2.01. The minimum atomic E-state index is -0.860. The minimum Gasteiger partial charge on any atom is -0.465 e. The molecule has 1 saturated carbocycles. The highest BCUT2D eigenvalue weighted by atomic mass is 16.4. The number of carbonyl (C=O) groups excluding carboxylic acids is 1. The van der Waals surface area contributed by atoms with Crippen molar-refractivity contribution in [1.29, 1.82) is 0 Å². The van der Waals surface area contributed by atoms with Gasteiger partial charge in [0.25, 0.3) is 0 Å². The highest BCUT2D eigenvalue weighted by Crippen LogP contribution is 2.33. The third-order valence-electron chi connectivity index (χ3n) is 7.51. The molecule has 4 aliphatic rings. The Morgan fingerprint density at radius 3 is 2.56 bits per heavy atom. The van der Waals surface area contributed by atoms with Crippen LogP contribution in [-0.4, -0.2) is 88.4 Å². The molecule has 3 N–H and O–H groups in total. The van der Waals surface area contributed by atoms with Crippen molar-refractivity contribution in [3.63, 3.8) is 0 Å². The lowest BCUT2D eigenvalue weighted by Crippen LogP contribution is -2.50. The number of carboxylic acid groups (broad SMARTS) is 1. The number of piperazine rings is 1. The molecule has 0 unspecified atom stereocenters. The predicted molar refractivity (Wildman–Crippen MR) is 154 cm³/mol. The molecule has 210 valence electrons. The first-order valence-electron chi connectivity index (χ1n) is 14.0. The Kier molecular flexibility index (Phi) is 9.62. The maximum absolute atomic E-state index is 11.3. The van der Waals surface area contributed by atoms with Crippen LogP contribution in [0.3, 0.4) is 0 Å². The highest BCUT2D eigenvalue weighted by molar-refractivity contribution is 5.96. The van der Waals surface area contributed by atoms with Crippen molar-refractivity contribution >= 4 is 29.2 Å². The van der Waals surface area contributed by atoms with Crippen molar-refractivity contribution in [2.45, 2.75) is 58.4 Å². The van der Waals surface area contributed by atoms with Gasteiger partial charge in [-0.15, -0.1) is 0 Å². The second kappa shape index (κ2) is 13.3. The van der Waals surface area contributed by atoms with E-state index in [0.717, 1.165) is 54.4 Å². The van der Waals surface area contributed by atoms with Crippen molar-refractivity contribution in [3.8, 4) is 0 Å². The Morgan fingerprint density at radius 1 is 1.23 bits per heavy atom. The smallest absolute Gasteiger partial charge is 0.407 e. The normalized spacial score (nSPS) is 21.0. The number of anilines is 1. The molecule has 0 radical (unpaired) electrons. The van der Waals surface area contributed by atoms with E-state index in [1.807, 2.05) is 36.5 Å². The monoisotopic (exact) mass is 535 g/mol. The van der Waals surface area contributed by atoms with Crippen molar-refractivity contribution in [1.82, 2.24) is 25.0 Å². The van der Waals surface area contributed by atoms with Gasteiger partial charge >= 0.3 is 6.09 Å². The van der Waals surface area contributed by atoms with Crippen molar-refractivity contribution in [2.75, 3.05) is 45.1 Å². The van der Waals surface area contributed by atoms with Crippen molar-refractivity contribution < 1.29 is 14.7 Å². The standard InChI is InChI=1S/C25H34N6O2.C4H7NO/c1-4-18(2)17-21(20-9-6-11-26-23(20)27-19-7-5-8-19)24-28-22(10-12-29(24)3)30-13-15-31(16-14-30)25(32)33;6-4-2-1-3-5-4/h6,9-12,17,19H,4-5,7-8,13-16H2,1-3H3,(H,26,27)(H,32,33);1-3H2,(H,5,6)/b18-17?,24-21+;. The van der Waals surface area contributed by atoms with Crippen LogP contribution >= 0.6 is 0 Å². The molecule has 3 aliphatic heterocycles. The van der Waals surface area contributed by atoms with Crippen LogP contribution in [0.5, 0.6) is 0 Å². The van der Waals surface area contributed by atoms with Gasteiger partial charge in [0, 0.05) is 75.8 Å². The molecule has 10 heteroatoms. The summed E-state index contributed by atoms with van der Waals surface area (Å²) in [6, 6.07) is 4.57. The number of nitrogens with one attached hydrogen (secondary N) is 2. The number of pyridine rings is 1. The molecule has 5 rings (SSSR count). The van der Waals surface area contributed by atoms with Gasteiger partial charge in [0.05, 0.1) is 0 Å². The van der Waals surface area contributed by atoms with E-state index in [2.05, 4.69) is 46.5 Å². The summed E-state index contributed by atoms with van der Waals surface area (Å²) in [6.07, 6.45) is 13.6. The van der Waals surface area contributed by atoms with Crippen LogP contribution in [0, 0.1) is 0 Å². The number of hydrogen-bond acceptors (Lipinski definition) is 7. The molecule has 1 aromatic heterocycles. The van der Waals surface area contributed by atoms with E-state index in [1.54, 1.807) is 0 Å². The molecule has 0 aromatic carbocycles. The van der Waals surface area contributed by atoms with Gasteiger partial charge < -0.3 is 30.4 Å². The van der Waals surface area contributed by atoms with Crippen molar-refractivity contribution in [2.24, 2.45) is 4.99 Å². The molecule has 0 spiro atoms. The van der Waals surface area contributed by atoms with Gasteiger partial charge in [0.2, 0.25) is 5.91 Å². The predicted octanol–water partition coefficient (Wildman–Crippen LogP) is 4.12. The lowest BCUT2D eigenvalue weighted by molar-refractivity contribution is -0.119. The quantitative estimate of drug-likeness (QED) is 0.520. The summed E-state index contributed by atoms with van der Waals surface area (Å²) in [5.41, 5.74) is 3.36.